The Balaban J connectivity index is -0.000000815. The van der Waals surface area contributed by atoms with Gasteiger partial charge in [0.15, 0.2) is 5.78 Å². The first-order valence-corrected chi connectivity index (χ1v) is 32.0. The molecule has 1 aromatic heterocycles. The van der Waals surface area contributed by atoms with E-state index in [0.717, 1.165) is 38.5 Å². The number of carboxylic acid groups (broad SMARTS) is 1. The summed E-state index contributed by atoms with van der Waals surface area (Å²) in [5, 5.41) is 22.3. The van der Waals surface area contributed by atoms with Crippen molar-refractivity contribution in [3.8, 4) is 0 Å². The third-order valence-electron chi connectivity index (χ3n) is 14.4. The summed E-state index contributed by atoms with van der Waals surface area (Å²) in [4.78, 5) is 129. The zero-order valence-electron chi connectivity index (χ0n) is 55.1. The zero-order valence-corrected chi connectivity index (χ0v) is 55.1. The molecule has 0 saturated carbocycles. The third kappa shape index (κ3) is 46.0. The zero-order chi connectivity index (χ0) is 66.8. The van der Waals surface area contributed by atoms with Crippen LogP contribution in [0.2, 0.25) is 0 Å². The van der Waals surface area contributed by atoms with Crippen LogP contribution in [0.25, 0.3) is 0 Å². The van der Waals surface area contributed by atoms with Crippen LogP contribution in [0.15, 0.2) is 12.5 Å². The molecule has 1 aromatic rings. The van der Waals surface area contributed by atoms with Crippen LogP contribution in [0, 0.1) is 16.7 Å². The molecular weight excluding hydrogens is 1150 g/mol. The first-order chi connectivity index (χ1) is 42.3. The van der Waals surface area contributed by atoms with Gasteiger partial charge in [0.05, 0.1) is 64.2 Å². The van der Waals surface area contributed by atoms with Gasteiger partial charge in [0.2, 0.25) is 35.4 Å². The number of aromatic amines is 1. The van der Waals surface area contributed by atoms with E-state index in [1.165, 1.54) is 44.9 Å². The number of unbranched alkanes of at least 4 members (excludes halogenated alkanes) is 12. The van der Waals surface area contributed by atoms with Gasteiger partial charge in [-0.15, -0.1) is 0 Å². The van der Waals surface area contributed by atoms with Crippen LogP contribution >= 0.6 is 0 Å². The Hall–Kier alpha value is -5.77. The monoisotopic (exact) mass is 1270 g/mol. The van der Waals surface area contributed by atoms with Gasteiger partial charge in [-0.2, -0.15) is 0 Å². The first-order valence-electron chi connectivity index (χ1n) is 32.0. The maximum atomic E-state index is 13.4. The highest BCUT2D eigenvalue weighted by molar-refractivity contribution is 5.99. The SMILES string of the molecule is CCOCC(=O)NCCCC[C@H](CC(=O)C(C)(C)CC(=O)C(C)(C)CC(=O)C(C)(C)NC(=O)[C@@H](N)Cc1cnc[nH]1)C(N)=O.CCOCCNC(=O)COCCOCCNC(=O)COCCOCCNC(=O)CCCCCCCCCCCCCCC(=O)O.[HH].[HH].[HH]. The van der Waals surface area contributed by atoms with Crippen molar-refractivity contribution in [3.05, 3.63) is 18.2 Å². The van der Waals surface area contributed by atoms with E-state index in [-0.39, 0.29) is 110 Å². The second-order valence-corrected chi connectivity index (χ2v) is 23.9. The molecule has 0 aliphatic carbocycles. The lowest BCUT2D eigenvalue weighted by Crippen LogP contribution is -2.56. The molecule has 11 N–H and O–H groups in total. The molecule has 89 heavy (non-hydrogen) atoms. The first kappa shape index (κ1) is 83.2. The van der Waals surface area contributed by atoms with E-state index < -0.39 is 46.1 Å². The Morgan fingerprint density at radius 3 is 1.46 bits per heavy atom. The molecule has 0 aliphatic rings. The predicted octanol–water partition coefficient (Wildman–Crippen LogP) is 5.25. The lowest BCUT2D eigenvalue weighted by molar-refractivity contribution is -0.140. The lowest BCUT2D eigenvalue weighted by atomic mass is 9.71. The van der Waals surface area contributed by atoms with Crippen molar-refractivity contribution in [2.75, 3.05) is 105 Å². The average molecular weight is 1270 g/mol. The normalized spacial score (nSPS) is 12.2. The molecule has 26 nitrogen and oxygen atoms in total. The van der Waals surface area contributed by atoms with Crippen LogP contribution in [0.3, 0.4) is 0 Å². The highest BCUT2D eigenvalue weighted by atomic mass is 16.5. The van der Waals surface area contributed by atoms with E-state index in [9.17, 15) is 47.9 Å². The number of imidazole rings is 1. The number of Topliss-reactive ketones (excluding diaryl/α,β-unsaturated/α-hetero) is 3. The van der Waals surface area contributed by atoms with Gasteiger partial charge in [0.25, 0.3) is 0 Å². The van der Waals surface area contributed by atoms with Gasteiger partial charge in [-0.25, -0.2) is 4.98 Å². The minimum atomic E-state index is -1.29. The van der Waals surface area contributed by atoms with Crippen molar-refractivity contribution in [1.82, 2.24) is 36.6 Å². The number of carboxylic acids is 1. The van der Waals surface area contributed by atoms with E-state index in [2.05, 4.69) is 36.6 Å². The molecule has 0 fully saturated rings. The summed E-state index contributed by atoms with van der Waals surface area (Å²) in [6.45, 7) is 18.4. The number of hydrogen-bond acceptors (Lipinski definition) is 18. The van der Waals surface area contributed by atoms with Crippen LogP contribution < -0.4 is 38.1 Å². The minimum absolute atomic E-state index is 0. The van der Waals surface area contributed by atoms with Crippen LogP contribution in [0.4, 0.5) is 0 Å². The number of carbonyl (C=O) groups is 10. The smallest absolute Gasteiger partial charge is 0.303 e. The summed E-state index contributed by atoms with van der Waals surface area (Å²) in [5.41, 5.74) is 8.76. The molecule has 0 saturated heterocycles. The van der Waals surface area contributed by atoms with Crippen molar-refractivity contribution in [1.29, 1.82) is 0 Å². The van der Waals surface area contributed by atoms with Crippen molar-refractivity contribution in [2.24, 2.45) is 28.2 Å². The predicted molar refractivity (Wildman–Crippen MR) is 342 cm³/mol. The molecule has 1 rings (SSSR count). The number of hydrogen-bond donors (Lipinski definition) is 9. The number of ether oxygens (including phenoxy) is 6. The van der Waals surface area contributed by atoms with Crippen LogP contribution in [0.5, 0.6) is 0 Å². The van der Waals surface area contributed by atoms with Crippen molar-refractivity contribution in [3.63, 3.8) is 0 Å². The standard InChI is InChI=1S/C32H61N3O10.C31H52N6O7.3H2/c1-2-41-20-17-34-30(37)27-44-26-24-43-22-19-35-31(38)28-45-25-23-42-21-18-33-29(36)15-13-11-9-7-5-3-4-6-8-10-12-14-16-32(39)40;1-8-44-18-26(41)35-12-10-9-11-20(27(33)42)13-23(38)29(2,3)15-24(39)30(4,5)16-25(40)31(6,7)37-28(43)22(32)14-21-17-34-19-36-21;;;/h2-28H2,1H3,(H,33,36)(H,34,37)(H,35,38)(H,39,40);17,19-20,22H,8-16,18,32H2,1-7H3,(H2,33,42)(H,34,36)(H,35,41)(H,37,43);3*1H/t;20-,22+;;;/m.1.../s1. The van der Waals surface area contributed by atoms with E-state index in [1.807, 2.05) is 6.92 Å². The maximum Gasteiger partial charge on any atom is 0.303 e. The van der Waals surface area contributed by atoms with E-state index in [0.29, 0.717) is 104 Å². The Kier molecular flexibility index (Phi) is 47.6. The number of nitrogens with zero attached hydrogens (tertiary/aromatic N) is 1. The number of H-pyrrole nitrogens is 1. The van der Waals surface area contributed by atoms with E-state index in [4.69, 9.17) is 45.0 Å². The highest BCUT2D eigenvalue weighted by Crippen LogP contribution is 2.34. The molecule has 1 heterocycles. The van der Waals surface area contributed by atoms with Gasteiger partial charge in [-0.3, -0.25) is 47.9 Å². The quantitative estimate of drug-likeness (QED) is 0.0376. The topological polar surface area (TPSA) is 387 Å². The molecule has 0 radical (unpaired) electrons. The fourth-order valence-electron chi connectivity index (χ4n) is 8.71. The number of nitrogens with two attached hydrogens (primary N) is 2. The summed E-state index contributed by atoms with van der Waals surface area (Å²) in [5.74, 6) is -4.05. The van der Waals surface area contributed by atoms with Crippen LogP contribution in [-0.4, -0.2) is 191 Å². The third-order valence-corrected chi connectivity index (χ3v) is 14.4. The molecule has 26 heteroatoms. The molecule has 0 bridgehead atoms. The van der Waals surface area contributed by atoms with Crippen molar-refractivity contribution >= 4 is 58.8 Å². The fourth-order valence-corrected chi connectivity index (χ4v) is 8.71. The fraction of sp³-hybridized carbons (Fsp3) is 0.794. The summed E-state index contributed by atoms with van der Waals surface area (Å²) in [7, 11) is 0. The van der Waals surface area contributed by atoms with E-state index in [1.54, 1.807) is 54.7 Å². The second-order valence-electron chi connectivity index (χ2n) is 23.9. The Bertz CT molecular complexity index is 2180. The number of primary amides is 1. The molecule has 0 spiro atoms. The summed E-state index contributed by atoms with van der Waals surface area (Å²) < 4.78 is 31.5. The van der Waals surface area contributed by atoms with Gasteiger partial charge in [0, 0.05) is 111 Å². The van der Waals surface area contributed by atoms with Crippen LogP contribution in [0.1, 0.15) is 194 Å². The molecule has 0 unspecified atom stereocenters. The number of nitrogens with one attached hydrogen (secondary N) is 6. The Morgan fingerprint density at radius 2 is 0.978 bits per heavy atom. The van der Waals surface area contributed by atoms with Crippen LogP contribution in [-0.2, 0) is 82.8 Å². The molecule has 518 valence electrons. The largest absolute Gasteiger partial charge is 0.481 e. The number of aliphatic carboxylic acids is 1. The Labute approximate surface area is 533 Å². The van der Waals surface area contributed by atoms with E-state index >= 15 is 0 Å². The molecule has 0 aromatic carbocycles. The number of amides is 6. The van der Waals surface area contributed by atoms with Crippen molar-refractivity contribution < 1.29 is 85.8 Å². The van der Waals surface area contributed by atoms with Crippen molar-refractivity contribution in [2.45, 2.75) is 202 Å². The number of ketones is 3. The molecular formula is C63H119N9O17. The van der Waals surface area contributed by atoms with Gasteiger partial charge < -0.3 is 76.6 Å². The second kappa shape index (κ2) is 50.9. The van der Waals surface area contributed by atoms with Gasteiger partial charge in [0.1, 0.15) is 31.4 Å². The summed E-state index contributed by atoms with van der Waals surface area (Å²) in [6.07, 6.45) is 18.7. The average Bonchev–Trinajstić information content (AvgIpc) is 1.23. The maximum absolute atomic E-state index is 13.4. The summed E-state index contributed by atoms with van der Waals surface area (Å²) >= 11 is 0. The molecule has 0 aliphatic heterocycles. The lowest BCUT2D eigenvalue weighted by Gasteiger charge is -2.33. The molecule has 6 amide bonds. The highest BCUT2D eigenvalue weighted by Gasteiger charge is 2.41. The van der Waals surface area contributed by atoms with Gasteiger partial charge in [-0.05, 0) is 53.4 Å². The number of rotatable bonds is 57. The Morgan fingerprint density at radius 1 is 0.539 bits per heavy atom. The summed E-state index contributed by atoms with van der Waals surface area (Å²) in [6, 6.07) is -0.903. The van der Waals surface area contributed by atoms with Gasteiger partial charge >= 0.3 is 5.97 Å². The molecule has 2 atom stereocenters. The number of carbonyl (C=O) groups excluding carboxylic acids is 9. The number of aromatic nitrogens is 2. The van der Waals surface area contributed by atoms with Gasteiger partial charge in [-0.1, -0.05) is 98.3 Å². The minimum Gasteiger partial charge on any atom is -0.481 e.